The van der Waals surface area contributed by atoms with Gasteiger partial charge in [-0.1, -0.05) is 28.0 Å². The van der Waals surface area contributed by atoms with E-state index in [1.807, 2.05) is 25.6 Å². The molecule has 8 atom stereocenters. The number of rotatable bonds is 20. The van der Waals surface area contributed by atoms with Gasteiger partial charge in [0, 0.05) is 46.9 Å². The first-order valence-electron chi connectivity index (χ1n) is 15.8. The number of phosphoric acid groups is 3. The third-order valence-electron chi connectivity index (χ3n) is 7.86. The molecule has 52 heavy (non-hydrogen) atoms. The number of carbonyl (C=O) groups excluding carboxylic acids is 2. The molecular weight excluding hydrogens is 815 g/mol. The minimum atomic E-state index is -5.75. The number of phosphoric ester groups is 1. The number of nitrogens with zero attached hydrogens (tertiary/aromatic N) is 1. The maximum atomic E-state index is 12.5. The van der Waals surface area contributed by atoms with Crippen LogP contribution in [0.25, 0.3) is 0 Å². The van der Waals surface area contributed by atoms with Crippen molar-refractivity contribution in [2.24, 2.45) is 0 Å². The molecule has 0 bridgehead atoms. The summed E-state index contributed by atoms with van der Waals surface area (Å²) in [6.07, 6.45) is 0.981. The van der Waals surface area contributed by atoms with Gasteiger partial charge < -0.3 is 45.0 Å². The molecule has 1 aromatic rings. The van der Waals surface area contributed by atoms with Crippen LogP contribution >= 0.6 is 56.8 Å². The van der Waals surface area contributed by atoms with Gasteiger partial charge in [0.25, 0.3) is 5.56 Å². The lowest BCUT2D eigenvalue weighted by molar-refractivity contribution is -0.121. The van der Waals surface area contributed by atoms with Gasteiger partial charge in [-0.25, -0.2) is 23.3 Å². The lowest BCUT2D eigenvalue weighted by Crippen LogP contribution is -2.37. The number of amides is 3. The molecule has 296 valence electrons. The molecule has 4 rings (SSSR count). The number of urea groups is 1. The number of hydrogen-bond acceptors (Lipinski definition) is 15. The van der Waals surface area contributed by atoms with Crippen LogP contribution < -0.4 is 27.2 Å². The van der Waals surface area contributed by atoms with Crippen LogP contribution in [0.15, 0.2) is 15.8 Å². The van der Waals surface area contributed by atoms with Gasteiger partial charge in [-0.05, 0) is 33.6 Å². The molecule has 3 aliphatic rings. The zero-order valence-corrected chi connectivity index (χ0v) is 33.2. The largest absolute Gasteiger partial charge is 0.490 e. The topological polar surface area (TPSA) is 303 Å². The highest BCUT2D eigenvalue weighted by atomic mass is 33.1. The summed E-state index contributed by atoms with van der Waals surface area (Å²) in [7, 11) is -14.1. The Morgan fingerprint density at radius 3 is 2.56 bits per heavy atom. The quantitative estimate of drug-likeness (QED) is 0.0305. The number of nitrogens with one attached hydrogen (secondary N) is 4. The van der Waals surface area contributed by atoms with Gasteiger partial charge in [0.15, 0.2) is 0 Å². The van der Waals surface area contributed by atoms with Crippen molar-refractivity contribution in [1.82, 2.24) is 25.5 Å². The lowest BCUT2D eigenvalue weighted by atomic mass is 10.0. The molecule has 27 heteroatoms. The standard InChI is InChI=1S/C25H42N5O16P3S3/c1-14-9-30(24(34)29-22(14)32)20-8-16(17(44-20)10-43-48(38,39)46-49(40,41)45-47(35,36)37)42-13-51-52-25(2,3)12-26-19(31)7-5-4-6-18-21-15(11-50-18)27-23(33)28-21/h9,15-18,20-21H,4-8,10-13H2,1-3H3,(H,26,31)(H,38,39)(H,40,41)(H2,27,28,33)(H,29,32,34)(H2,35,36,37)/t15?,16-,17?,18?,20-,21?/m1/s1. The zero-order valence-electron chi connectivity index (χ0n) is 28.1. The molecule has 0 saturated carbocycles. The van der Waals surface area contributed by atoms with Gasteiger partial charge >= 0.3 is 35.2 Å². The SMILES string of the molecule is Cc1cn([C@H]2C[C@@H](OCSSC(C)(C)CNC(=O)CCCCC3SCC4NC(=O)NC43)C(COP(=O)(O)OP(=O)(O)OP(=O)(O)O)O2)c(=O)[nH]c1=O. The van der Waals surface area contributed by atoms with Gasteiger partial charge in [-0.2, -0.15) is 20.4 Å². The highest BCUT2D eigenvalue weighted by Crippen LogP contribution is 2.66. The summed E-state index contributed by atoms with van der Waals surface area (Å²) in [6, 6.07) is 0.165. The van der Waals surface area contributed by atoms with E-state index >= 15 is 0 Å². The maximum absolute atomic E-state index is 12.5. The monoisotopic (exact) mass is 857 g/mol. The first-order chi connectivity index (χ1) is 24.1. The van der Waals surface area contributed by atoms with Crippen molar-refractivity contribution in [1.29, 1.82) is 0 Å². The van der Waals surface area contributed by atoms with Gasteiger partial charge in [0.05, 0.1) is 24.8 Å². The molecule has 0 radical (unpaired) electrons. The van der Waals surface area contributed by atoms with Crippen molar-refractivity contribution in [2.45, 2.75) is 93.4 Å². The Bertz CT molecular complexity index is 1710. The zero-order chi connectivity index (χ0) is 38.5. The van der Waals surface area contributed by atoms with Crippen molar-refractivity contribution < 1.29 is 65.5 Å². The predicted octanol–water partition coefficient (Wildman–Crippen LogP) is 1.82. The molecule has 0 aliphatic carbocycles. The summed E-state index contributed by atoms with van der Waals surface area (Å²) < 4.78 is 59.6. The Labute approximate surface area is 309 Å². The second-order valence-electron chi connectivity index (χ2n) is 12.7. The fraction of sp³-hybridized carbons (Fsp3) is 0.760. The number of hydrogen-bond donors (Lipinski definition) is 8. The van der Waals surface area contributed by atoms with Crippen LogP contribution in [-0.2, 0) is 41.1 Å². The second kappa shape index (κ2) is 18.2. The molecule has 4 heterocycles. The van der Waals surface area contributed by atoms with E-state index in [1.54, 1.807) is 0 Å². The number of unbranched alkanes of at least 4 members (excludes halogenated alkanes) is 1. The van der Waals surface area contributed by atoms with E-state index in [1.165, 1.54) is 34.7 Å². The van der Waals surface area contributed by atoms with E-state index in [0.29, 0.717) is 18.2 Å². The van der Waals surface area contributed by atoms with Crippen LogP contribution in [-0.4, -0.2) is 100 Å². The van der Waals surface area contributed by atoms with Crippen LogP contribution in [0, 0.1) is 6.92 Å². The number of ether oxygens (including phenoxy) is 2. The Morgan fingerprint density at radius 1 is 1.12 bits per heavy atom. The van der Waals surface area contributed by atoms with Crippen LogP contribution in [0.5, 0.6) is 0 Å². The molecular formula is C25H42N5O16P3S3. The number of fused-ring (bicyclic) bond motifs is 1. The van der Waals surface area contributed by atoms with Crippen LogP contribution in [0.2, 0.25) is 0 Å². The van der Waals surface area contributed by atoms with Gasteiger partial charge in [-0.3, -0.25) is 23.7 Å². The molecule has 0 aromatic carbocycles. The summed E-state index contributed by atoms with van der Waals surface area (Å²) in [5.41, 5.74) is -1.22. The maximum Gasteiger partial charge on any atom is 0.490 e. The average molecular weight is 858 g/mol. The number of aromatic nitrogens is 2. The van der Waals surface area contributed by atoms with Crippen molar-refractivity contribution in [3.05, 3.63) is 32.6 Å². The Morgan fingerprint density at radius 2 is 1.85 bits per heavy atom. The lowest BCUT2D eigenvalue weighted by Gasteiger charge is -2.24. The van der Waals surface area contributed by atoms with Gasteiger partial charge in [-0.15, -0.1) is 0 Å². The van der Waals surface area contributed by atoms with Crippen molar-refractivity contribution >= 4 is 68.8 Å². The van der Waals surface area contributed by atoms with Crippen molar-refractivity contribution in [2.75, 3.05) is 24.8 Å². The van der Waals surface area contributed by atoms with Gasteiger partial charge in [0.1, 0.15) is 18.3 Å². The molecule has 0 spiro atoms. The molecule has 1 aromatic heterocycles. The molecule has 8 N–H and O–H groups in total. The number of thioether (sulfide) groups is 1. The van der Waals surface area contributed by atoms with E-state index < -0.39 is 64.5 Å². The van der Waals surface area contributed by atoms with Crippen molar-refractivity contribution in [3.8, 4) is 0 Å². The third-order valence-corrected chi connectivity index (χ3v) is 16.1. The normalized spacial score (nSPS) is 27.0. The van der Waals surface area contributed by atoms with Gasteiger partial charge in [0.2, 0.25) is 5.91 Å². The molecule has 3 fully saturated rings. The highest BCUT2D eigenvalue weighted by Gasteiger charge is 2.44. The number of H-pyrrole nitrogens is 1. The van der Waals surface area contributed by atoms with Crippen molar-refractivity contribution in [3.63, 3.8) is 0 Å². The minimum absolute atomic E-state index is 0.00725. The molecule has 3 saturated heterocycles. The first kappa shape index (κ1) is 43.5. The number of aromatic amines is 1. The molecule has 3 aliphatic heterocycles. The smallest absolute Gasteiger partial charge is 0.364 e. The van der Waals surface area contributed by atoms with E-state index in [9.17, 15) is 42.7 Å². The fourth-order valence-electron chi connectivity index (χ4n) is 5.47. The van der Waals surface area contributed by atoms with Crippen LogP contribution in [0.1, 0.15) is 57.7 Å². The predicted molar refractivity (Wildman–Crippen MR) is 190 cm³/mol. The van der Waals surface area contributed by atoms with E-state index in [2.05, 4.69) is 29.6 Å². The van der Waals surface area contributed by atoms with E-state index in [4.69, 9.17) is 23.8 Å². The highest BCUT2D eigenvalue weighted by molar-refractivity contribution is 8.77. The molecule has 3 amide bonds. The summed E-state index contributed by atoms with van der Waals surface area (Å²) in [5, 5.41) is 9.16. The molecule has 6 unspecified atom stereocenters. The molecule has 21 nitrogen and oxygen atoms in total. The van der Waals surface area contributed by atoms with Crippen LogP contribution in [0.3, 0.4) is 0 Å². The van der Waals surface area contributed by atoms with E-state index in [-0.39, 0.29) is 41.9 Å². The Balaban J connectivity index is 1.24. The average Bonchev–Trinajstić information content (AvgIpc) is 3.70. The summed E-state index contributed by atoms with van der Waals surface area (Å²) >= 11 is 1.83. The first-order valence-corrected chi connectivity index (χ1v) is 23.6. The number of aryl methyl sites for hydroxylation is 1. The van der Waals surface area contributed by atoms with E-state index in [0.717, 1.165) is 29.6 Å². The Hall–Kier alpha value is -1.20. The second-order valence-corrected chi connectivity index (χ2v) is 21.3. The fourth-order valence-corrected chi connectivity index (χ4v) is 12.2. The number of carbonyl (C=O) groups is 2. The summed E-state index contributed by atoms with van der Waals surface area (Å²) in [5.74, 6) is 0.834. The van der Waals surface area contributed by atoms with Crippen LogP contribution in [0.4, 0.5) is 4.79 Å². The minimum Gasteiger partial charge on any atom is -0.364 e. The third kappa shape index (κ3) is 13.5. The summed E-state index contributed by atoms with van der Waals surface area (Å²) in [4.78, 5) is 87.4. The summed E-state index contributed by atoms with van der Waals surface area (Å²) in [6.45, 7) is 4.85. The Kier molecular flexibility index (Phi) is 15.2.